The zero-order valence-corrected chi connectivity index (χ0v) is 23.0. The highest BCUT2D eigenvalue weighted by Gasteiger charge is 2.38. The van der Waals surface area contributed by atoms with Crippen LogP contribution in [0.15, 0.2) is 42.5 Å². The summed E-state index contributed by atoms with van der Waals surface area (Å²) in [5.41, 5.74) is 8.07. The summed E-state index contributed by atoms with van der Waals surface area (Å²) < 4.78 is 5.55. The molecule has 1 aliphatic heterocycles. The van der Waals surface area contributed by atoms with Crippen molar-refractivity contribution in [1.82, 2.24) is 4.90 Å². The van der Waals surface area contributed by atoms with Gasteiger partial charge in [0.1, 0.15) is 13.8 Å². The van der Waals surface area contributed by atoms with E-state index in [1.165, 1.54) is 30.4 Å². The first-order chi connectivity index (χ1) is 16.8. The monoisotopic (exact) mass is 488 g/mol. The van der Waals surface area contributed by atoms with E-state index in [2.05, 4.69) is 84.6 Å². The van der Waals surface area contributed by atoms with Crippen molar-refractivity contribution in [3.8, 4) is 17.2 Å². The first-order valence-corrected chi connectivity index (χ1v) is 16.7. The van der Waals surface area contributed by atoms with Crippen LogP contribution >= 0.6 is 0 Å². The van der Waals surface area contributed by atoms with Gasteiger partial charge in [-0.1, -0.05) is 57.6 Å². The second-order valence-electron chi connectivity index (χ2n) is 11.1. The standard InChI is InChI=1S/C30H40N2O2Si/c1-6-7-11-26-20-23-21-27(34-2)16-17-28(23)30(32(26)29(33)18-19-35(3,4)5)22-12-14-25(15-13-22)31-24-9-8-10-24/h12-17,21,24,26,30-31H,6-11,20H2,1-5H3/t26-,30-/m0/s1. The minimum Gasteiger partial charge on any atom is -0.497 e. The predicted octanol–water partition coefficient (Wildman–Crippen LogP) is 6.57. The van der Waals surface area contributed by atoms with Gasteiger partial charge in [0, 0.05) is 17.8 Å². The third-order valence-corrected chi connectivity index (χ3v) is 8.02. The number of benzene rings is 2. The number of rotatable bonds is 7. The van der Waals surface area contributed by atoms with Crippen LogP contribution in [0.2, 0.25) is 19.6 Å². The van der Waals surface area contributed by atoms with Crippen molar-refractivity contribution in [2.45, 2.75) is 89.6 Å². The minimum atomic E-state index is -1.67. The molecule has 0 unspecified atom stereocenters. The van der Waals surface area contributed by atoms with Crippen molar-refractivity contribution in [2.75, 3.05) is 12.4 Å². The first-order valence-electron chi connectivity index (χ1n) is 13.2. The van der Waals surface area contributed by atoms with Crippen LogP contribution in [0.25, 0.3) is 0 Å². The average Bonchev–Trinajstić information content (AvgIpc) is 2.82. The molecule has 1 saturated carbocycles. The lowest BCUT2D eigenvalue weighted by molar-refractivity contribution is -0.130. The summed E-state index contributed by atoms with van der Waals surface area (Å²) in [6, 6.07) is 15.6. The van der Waals surface area contributed by atoms with Crippen molar-refractivity contribution in [3.63, 3.8) is 0 Å². The third-order valence-electron chi connectivity index (χ3n) is 7.14. The molecule has 1 N–H and O–H groups in total. The summed E-state index contributed by atoms with van der Waals surface area (Å²) in [6.07, 6.45) is 7.82. The Labute approximate surface area is 212 Å². The van der Waals surface area contributed by atoms with E-state index < -0.39 is 8.07 Å². The fourth-order valence-electron chi connectivity index (χ4n) is 5.03. The Morgan fingerprint density at radius 3 is 2.49 bits per heavy atom. The maximum Gasteiger partial charge on any atom is 0.298 e. The summed E-state index contributed by atoms with van der Waals surface area (Å²) in [7, 11) is 0.0434. The van der Waals surface area contributed by atoms with Gasteiger partial charge in [-0.15, -0.1) is 5.54 Å². The van der Waals surface area contributed by atoms with Gasteiger partial charge in [-0.3, -0.25) is 4.79 Å². The van der Waals surface area contributed by atoms with Gasteiger partial charge in [0.05, 0.1) is 13.2 Å². The Hall–Kier alpha value is -2.71. The Balaban J connectivity index is 1.76. The SMILES string of the molecule is CCCC[C@H]1Cc2cc(OC)ccc2[C@H](c2ccc(NC3CCC3)cc2)N1C(=O)C#C[Si](C)(C)C. The van der Waals surface area contributed by atoms with E-state index in [-0.39, 0.29) is 18.0 Å². The Kier molecular flexibility index (Phi) is 7.91. The first kappa shape index (κ1) is 25.4. The van der Waals surface area contributed by atoms with Crippen LogP contribution in [-0.4, -0.2) is 38.1 Å². The topological polar surface area (TPSA) is 41.6 Å². The highest BCUT2D eigenvalue weighted by atomic mass is 28.3. The van der Waals surface area contributed by atoms with Crippen LogP contribution in [0, 0.1) is 11.5 Å². The third kappa shape index (κ3) is 6.11. The smallest absolute Gasteiger partial charge is 0.298 e. The van der Waals surface area contributed by atoms with E-state index in [1.54, 1.807) is 7.11 Å². The molecular formula is C30H40N2O2Si. The number of carbonyl (C=O) groups excluding carboxylic acids is 1. The molecule has 1 heterocycles. The number of unbranched alkanes of at least 4 members (excludes halogenated alkanes) is 1. The largest absolute Gasteiger partial charge is 0.497 e. The van der Waals surface area contributed by atoms with Gasteiger partial charge in [-0.05, 0) is 79.0 Å². The second-order valence-corrected chi connectivity index (χ2v) is 15.8. The van der Waals surface area contributed by atoms with Crippen molar-refractivity contribution in [3.05, 3.63) is 59.2 Å². The number of anilines is 1. The number of fused-ring (bicyclic) bond motifs is 1. The summed E-state index contributed by atoms with van der Waals surface area (Å²) >= 11 is 0. The van der Waals surface area contributed by atoms with Gasteiger partial charge in [-0.2, -0.15) is 0 Å². The van der Waals surface area contributed by atoms with E-state index in [1.807, 2.05) is 6.07 Å². The molecule has 1 amide bonds. The number of methoxy groups -OCH3 is 1. The molecule has 1 fully saturated rings. The predicted molar refractivity (Wildman–Crippen MR) is 148 cm³/mol. The molecule has 4 nitrogen and oxygen atoms in total. The summed E-state index contributed by atoms with van der Waals surface area (Å²) in [5.74, 6) is 3.89. The number of nitrogens with zero attached hydrogens (tertiary/aromatic N) is 1. The number of hydrogen-bond acceptors (Lipinski definition) is 3. The van der Waals surface area contributed by atoms with Crippen LogP contribution in [0.3, 0.4) is 0 Å². The maximum atomic E-state index is 13.7. The number of amides is 1. The molecule has 2 aliphatic rings. The van der Waals surface area contributed by atoms with E-state index in [9.17, 15) is 4.79 Å². The van der Waals surface area contributed by atoms with Gasteiger partial charge in [0.25, 0.3) is 5.91 Å². The maximum absolute atomic E-state index is 13.7. The minimum absolute atomic E-state index is 0.0448. The molecule has 0 spiro atoms. The fraction of sp³-hybridized carbons (Fsp3) is 0.500. The number of hydrogen-bond donors (Lipinski definition) is 1. The molecule has 4 rings (SSSR count). The van der Waals surface area contributed by atoms with Crippen LogP contribution in [0.4, 0.5) is 5.69 Å². The normalized spacial score (nSPS) is 19.7. The lowest BCUT2D eigenvalue weighted by Gasteiger charge is -2.43. The number of ether oxygens (including phenoxy) is 1. The summed E-state index contributed by atoms with van der Waals surface area (Å²) in [6.45, 7) is 8.77. The van der Waals surface area contributed by atoms with Crippen molar-refractivity contribution < 1.29 is 9.53 Å². The second kappa shape index (κ2) is 10.9. The van der Waals surface area contributed by atoms with Gasteiger partial charge >= 0.3 is 0 Å². The number of nitrogens with one attached hydrogen (secondary N) is 1. The summed E-state index contributed by atoms with van der Waals surface area (Å²) in [5, 5.41) is 3.64. The number of carbonyl (C=O) groups is 1. The molecule has 0 radical (unpaired) electrons. The zero-order valence-electron chi connectivity index (χ0n) is 22.0. The van der Waals surface area contributed by atoms with E-state index in [4.69, 9.17) is 4.74 Å². The van der Waals surface area contributed by atoms with Gasteiger partial charge < -0.3 is 15.0 Å². The van der Waals surface area contributed by atoms with Crippen LogP contribution in [0.1, 0.15) is 68.2 Å². The van der Waals surface area contributed by atoms with E-state index in [0.717, 1.165) is 42.7 Å². The Morgan fingerprint density at radius 2 is 1.89 bits per heavy atom. The van der Waals surface area contributed by atoms with Crippen molar-refractivity contribution in [2.24, 2.45) is 0 Å². The van der Waals surface area contributed by atoms with Crippen LogP contribution in [0.5, 0.6) is 5.75 Å². The van der Waals surface area contributed by atoms with Crippen LogP contribution < -0.4 is 10.1 Å². The highest BCUT2D eigenvalue weighted by Crippen LogP contribution is 2.41. The van der Waals surface area contributed by atoms with E-state index >= 15 is 0 Å². The molecule has 2 aromatic carbocycles. The molecule has 2 aromatic rings. The summed E-state index contributed by atoms with van der Waals surface area (Å²) in [4.78, 5) is 15.8. The molecule has 0 saturated heterocycles. The van der Waals surface area contributed by atoms with Gasteiger partial charge in [0.2, 0.25) is 0 Å². The lowest BCUT2D eigenvalue weighted by atomic mass is 9.83. The average molecular weight is 489 g/mol. The molecule has 0 bridgehead atoms. The Bertz CT molecular complexity index is 1090. The zero-order chi connectivity index (χ0) is 25.0. The van der Waals surface area contributed by atoms with Gasteiger partial charge in [-0.25, -0.2) is 0 Å². The Morgan fingerprint density at radius 1 is 1.14 bits per heavy atom. The molecule has 35 heavy (non-hydrogen) atoms. The molecule has 1 aliphatic carbocycles. The lowest BCUT2D eigenvalue weighted by Crippen LogP contribution is -2.47. The van der Waals surface area contributed by atoms with Crippen LogP contribution in [-0.2, 0) is 11.2 Å². The quantitative estimate of drug-likeness (QED) is 0.354. The molecule has 2 atom stereocenters. The van der Waals surface area contributed by atoms with Gasteiger partial charge in [0.15, 0.2) is 0 Å². The molecule has 186 valence electrons. The molecule has 5 heteroatoms. The van der Waals surface area contributed by atoms with Crippen molar-refractivity contribution >= 4 is 19.7 Å². The highest BCUT2D eigenvalue weighted by molar-refractivity contribution is 6.84. The van der Waals surface area contributed by atoms with E-state index in [0.29, 0.717) is 6.04 Å². The molecular weight excluding hydrogens is 448 g/mol. The molecule has 0 aromatic heterocycles. The fourth-order valence-corrected chi connectivity index (χ4v) is 5.51. The van der Waals surface area contributed by atoms with Crippen molar-refractivity contribution in [1.29, 1.82) is 0 Å².